The second-order valence-electron chi connectivity index (χ2n) is 2.80. The zero-order chi connectivity index (χ0) is 9.68. The second-order valence-corrected chi connectivity index (χ2v) is 2.80. The smallest absolute Gasteiger partial charge is 0.121 e. The maximum atomic E-state index is 5.15. The molecule has 3 nitrogen and oxygen atoms in total. The molecule has 1 aromatic carbocycles. The van der Waals surface area contributed by atoms with Crippen LogP contribution in [-0.4, -0.2) is 14.2 Å². The SMILES string of the molecule is CNOCc1ccc(OC)c(C)c1. The molecule has 0 aliphatic rings. The first-order chi connectivity index (χ1) is 6.27. The van der Waals surface area contributed by atoms with Gasteiger partial charge in [0.15, 0.2) is 0 Å². The number of aryl methyl sites for hydroxylation is 1. The van der Waals surface area contributed by atoms with E-state index < -0.39 is 0 Å². The lowest BCUT2D eigenvalue weighted by Crippen LogP contribution is -2.06. The highest BCUT2D eigenvalue weighted by molar-refractivity contribution is 5.35. The van der Waals surface area contributed by atoms with E-state index in [9.17, 15) is 0 Å². The molecule has 72 valence electrons. The molecule has 0 heterocycles. The molecule has 0 unspecified atom stereocenters. The van der Waals surface area contributed by atoms with Crippen LogP contribution in [0, 0.1) is 6.92 Å². The van der Waals surface area contributed by atoms with Gasteiger partial charge in [-0.15, -0.1) is 0 Å². The van der Waals surface area contributed by atoms with E-state index >= 15 is 0 Å². The van der Waals surface area contributed by atoms with Crippen molar-refractivity contribution < 1.29 is 9.57 Å². The van der Waals surface area contributed by atoms with Crippen molar-refractivity contribution in [2.45, 2.75) is 13.5 Å². The maximum absolute atomic E-state index is 5.15. The van der Waals surface area contributed by atoms with E-state index in [2.05, 4.69) is 11.5 Å². The molecule has 0 saturated carbocycles. The summed E-state index contributed by atoms with van der Waals surface area (Å²) in [5.74, 6) is 0.910. The summed E-state index contributed by atoms with van der Waals surface area (Å²) in [5.41, 5.74) is 4.89. The predicted octanol–water partition coefficient (Wildman–Crippen LogP) is 1.65. The molecular weight excluding hydrogens is 166 g/mol. The fourth-order valence-electron chi connectivity index (χ4n) is 1.19. The van der Waals surface area contributed by atoms with Gasteiger partial charge in [0, 0.05) is 7.05 Å². The normalized spacial score (nSPS) is 10.1. The highest BCUT2D eigenvalue weighted by Gasteiger charge is 1.99. The summed E-state index contributed by atoms with van der Waals surface area (Å²) in [6, 6.07) is 5.99. The van der Waals surface area contributed by atoms with E-state index in [1.807, 2.05) is 19.1 Å². The van der Waals surface area contributed by atoms with E-state index in [1.54, 1.807) is 14.2 Å². The van der Waals surface area contributed by atoms with Crippen LogP contribution in [0.5, 0.6) is 5.75 Å². The third kappa shape index (κ3) is 2.72. The van der Waals surface area contributed by atoms with Gasteiger partial charge in [-0.3, -0.25) is 4.84 Å². The van der Waals surface area contributed by atoms with E-state index in [0.29, 0.717) is 6.61 Å². The molecule has 1 rings (SSSR count). The molecule has 0 bridgehead atoms. The number of methoxy groups -OCH3 is 1. The molecule has 0 atom stereocenters. The van der Waals surface area contributed by atoms with Crippen LogP contribution in [-0.2, 0) is 11.4 Å². The molecule has 0 aromatic heterocycles. The Morgan fingerprint density at radius 3 is 2.69 bits per heavy atom. The van der Waals surface area contributed by atoms with Crippen molar-refractivity contribution in [2.75, 3.05) is 14.2 Å². The summed E-state index contributed by atoms with van der Waals surface area (Å²) in [5, 5.41) is 0. The van der Waals surface area contributed by atoms with E-state index in [0.717, 1.165) is 16.9 Å². The average Bonchev–Trinajstić information content (AvgIpc) is 2.15. The number of nitrogens with one attached hydrogen (secondary N) is 1. The second kappa shape index (κ2) is 4.84. The summed E-state index contributed by atoms with van der Waals surface area (Å²) in [6.45, 7) is 2.59. The minimum Gasteiger partial charge on any atom is -0.496 e. The lowest BCUT2D eigenvalue weighted by Gasteiger charge is -2.07. The van der Waals surface area contributed by atoms with Gasteiger partial charge >= 0.3 is 0 Å². The summed E-state index contributed by atoms with van der Waals surface area (Å²) in [4.78, 5) is 5.06. The van der Waals surface area contributed by atoms with Gasteiger partial charge in [0.1, 0.15) is 5.75 Å². The molecule has 3 heteroatoms. The number of benzene rings is 1. The maximum Gasteiger partial charge on any atom is 0.121 e. The minimum absolute atomic E-state index is 0.571. The van der Waals surface area contributed by atoms with Crippen molar-refractivity contribution in [3.63, 3.8) is 0 Å². The molecule has 0 aliphatic heterocycles. The predicted molar refractivity (Wildman–Crippen MR) is 51.6 cm³/mol. The Kier molecular flexibility index (Phi) is 3.73. The molecule has 0 fully saturated rings. The molecule has 13 heavy (non-hydrogen) atoms. The van der Waals surface area contributed by atoms with Gasteiger partial charge < -0.3 is 4.74 Å². The van der Waals surface area contributed by atoms with Gasteiger partial charge in [-0.05, 0) is 24.1 Å². The van der Waals surface area contributed by atoms with Gasteiger partial charge in [-0.1, -0.05) is 12.1 Å². The third-order valence-electron chi connectivity index (χ3n) is 1.84. The molecule has 0 amide bonds. The largest absolute Gasteiger partial charge is 0.496 e. The van der Waals surface area contributed by atoms with Crippen LogP contribution >= 0.6 is 0 Å². The van der Waals surface area contributed by atoms with Gasteiger partial charge in [0.2, 0.25) is 0 Å². The molecule has 0 aliphatic carbocycles. The fraction of sp³-hybridized carbons (Fsp3) is 0.400. The van der Waals surface area contributed by atoms with Crippen LogP contribution in [0.4, 0.5) is 0 Å². The van der Waals surface area contributed by atoms with Crippen LogP contribution in [0.1, 0.15) is 11.1 Å². The van der Waals surface area contributed by atoms with Gasteiger partial charge in [-0.2, -0.15) is 0 Å². The van der Waals surface area contributed by atoms with Crippen LogP contribution in [0.2, 0.25) is 0 Å². The Hall–Kier alpha value is -1.06. The number of hydroxylamine groups is 1. The van der Waals surface area contributed by atoms with E-state index in [-0.39, 0.29) is 0 Å². The Morgan fingerprint density at radius 2 is 2.15 bits per heavy atom. The number of hydrogen-bond acceptors (Lipinski definition) is 3. The average molecular weight is 181 g/mol. The Bertz CT molecular complexity index is 274. The highest BCUT2D eigenvalue weighted by Crippen LogP contribution is 2.18. The minimum atomic E-state index is 0.571. The van der Waals surface area contributed by atoms with Crippen LogP contribution in [0.25, 0.3) is 0 Å². The first-order valence-corrected chi connectivity index (χ1v) is 4.20. The lowest BCUT2D eigenvalue weighted by molar-refractivity contribution is 0.0444. The number of rotatable bonds is 4. The Labute approximate surface area is 78.6 Å². The van der Waals surface area contributed by atoms with Crippen LogP contribution in [0.15, 0.2) is 18.2 Å². The lowest BCUT2D eigenvalue weighted by atomic mass is 10.1. The van der Waals surface area contributed by atoms with Gasteiger partial charge in [0.25, 0.3) is 0 Å². The van der Waals surface area contributed by atoms with Gasteiger partial charge in [-0.25, -0.2) is 5.48 Å². The zero-order valence-electron chi connectivity index (χ0n) is 8.26. The van der Waals surface area contributed by atoms with Crippen LogP contribution in [0.3, 0.4) is 0 Å². The zero-order valence-corrected chi connectivity index (χ0v) is 8.26. The molecule has 0 saturated heterocycles. The van der Waals surface area contributed by atoms with Crippen molar-refractivity contribution in [1.82, 2.24) is 5.48 Å². The molecular formula is C10H15NO2. The first-order valence-electron chi connectivity index (χ1n) is 4.20. The molecule has 1 aromatic rings. The summed E-state index contributed by atoms with van der Waals surface area (Å²) >= 11 is 0. The topological polar surface area (TPSA) is 30.5 Å². The summed E-state index contributed by atoms with van der Waals surface area (Å²) in [7, 11) is 3.42. The van der Waals surface area contributed by atoms with Crippen molar-refractivity contribution in [3.05, 3.63) is 29.3 Å². The third-order valence-corrected chi connectivity index (χ3v) is 1.84. The number of ether oxygens (including phenoxy) is 1. The molecule has 0 radical (unpaired) electrons. The molecule has 0 spiro atoms. The monoisotopic (exact) mass is 181 g/mol. The van der Waals surface area contributed by atoms with Crippen molar-refractivity contribution in [1.29, 1.82) is 0 Å². The standard InChI is InChI=1S/C10H15NO2/c1-8-6-9(7-13-11-2)4-5-10(8)12-3/h4-6,11H,7H2,1-3H3. The van der Waals surface area contributed by atoms with Crippen LogP contribution < -0.4 is 10.2 Å². The molecule has 1 N–H and O–H groups in total. The van der Waals surface area contributed by atoms with Crippen molar-refractivity contribution in [2.24, 2.45) is 0 Å². The fourth-order valence-corrected chi connectivity index (χ4v) is 1.19. The number of hydrogen-bond donors (Lipinski definition) is 1. The van der Waals surface area contributed by atoms with Crippen molar-refractivity contribution in [3.8, 4) is 5.75 Å². The Balaban J connectivity index is 2.71. The Morgan fingerprint density at radius 1 is 1.38 bits per heavy atom. The first kappa shape index (κ1) is 10.0. The summed E-state index contributed by atoms with van der Waals surface area (Å²) in [6.07, 6.45) is 0. The van der Waals surface area contributed by atoms with E-state index in [1.165, 1.54) is 0 Å². The quantitative estimate of drug-likeness (QED) is 0.716. The highest BCUT2D eigenvalue weighted by atomic mass is 16.6. The van der Waals surface area contributed by atoms with Gasteiger partial charge in [0.05, 0.1) is 13.7 Å². The van der Waals surface area contributed by atoms with Crippen molar-refractivity contribution >= 4 is 0 Å². The summed E-state index contributed by atoms with van der Waals surface area (Å²) < 4.78 is 5.15. The van der Waals surface area contributed by atoms with E-state index in [4.69, 9.17) is 9.57 Å².